The molecule has 1 saturated heterocycles. The Labute approximate surface area is 149 Å². The molecule has 0 N–H and O–H groups in total. The van der Waals surface area contributed by atoms with Crippen molar-refractivity contribution >= 4 is 17.7 Å². The van der Waals surface area contributed by atoms with Gasteiger partial charge in [0.05, 0.1) is 6.54 Å². The lowest BCUT2D eigenvalue weighted by atomic mass is 10.1. The molecule has 3 rings (SSSR count). The van der Waals surface area contributed by atoms with E-state index in [2.05, 4.69) is 9.97 Å². The first-order valence-corrected chi connectivity index (χ1v) is 8.23. The minimum Gasteiger partial charge on any atom is -0.471 e. The van der Waals surface area contributed by atoms with E-state index >= 15 is 0 Å². The summed E-state index contributed by atoms with van der Waals surface area (Å²) >= 11 is 5.75. The molecule has 1 aromatic carbocycles. The molecule has 2 atom stereocenters. The first-order chi connectivity index (χ1) is 12.1. The Morgan fingerprint density at radius 2 is 2.12 bits per heavy atom. The van der Waals surface area contributed by atoms with E-state index in [0.29, 0.717) is 13.0 Å². The van der Waals surface area contributed by atoms with Crippen molar-refractivity contribution in [3.63, 3.8) is 0 Å². The number of ether oxygens (including phenoxy) is 2. The predicted octanol–water partition coefficient (Wildman–Crippen LogP) is 3.26. The molecular formula is C17H17ClFN3O3. The zero-order valence-corrected chi connectivity index (χ0v) is 14.1. The van der Waals surface area contributed by atoms with Crippen LogP contribution in [0.2, 0.25) is 5.15 Å². The second-order valence-electron chi connectivity index (χ2n) is 5.63. The van der Waals surface area contributed by atoms with E-state index < -0.39 is 18.4 Å². The fraction of sp³-hybridized carbons (Fsp3) is 0.353. The highest BCUT2D eigenvalue weighted by Crippen LogP contribution is 2.21. The first kappa shape index (κ1) is 17.4. The van der Waals surface area contributed by atoms with Gasteiger partial charge in [-0.1, -0.05) is 41.9 Å². The number of aromatic nitrogens is 2. The molecular weight excluding hydrogens is 349 g/mol. The molecule has 132 valence electrons. The van der Waals surface area contributed by atoms with E-state index in [0.717, 1.165) is 5.56 Å². The van der Waals surface area contributed by atoms with Crippen LogP contribution in [0.25, 0.3) is 0 Å². The maximum absolute atomic E-state index is 14.4. The summed E-state index contributed by atoms with van der Waals surface area (Å²) in [6, 6.07) is 10.8. The number of nitrogens with zero attached hydrogens (tertiary/aromatic N) is 3. The molecule has 0 spiro atoms. The lowest BCUT2D eigenvalue weighted by Gasteiger charge is -2.33. The van der Waals surface area contributed by atoms with E-state index in [-0.39, 0.29) is 24.2 Å². The minimum absolute atomic E-state index is 0.0862. The number of rotatable bonds is 4. The molecule has 1 amide bonds. The molecule has 1 aliphatic rings. The Kier molecular flexibility index (Phi) is 5.65. The molecule has 0 saturated carbocycles. The lowest BCUT2D eigenvalue weighted by molar-refractivity contribution is 0.0128. The van der Waals surface area contributed by atoms with Gasteiger partial charge in [0.1, 0.15) is 24.2 Å². The lowest BCUT2D eigenvalue weighted by Crippen LogP contribution is -2.49. The van der Waals surface area contributed by atoms with Gasteiger partial charge in [-0.3, -0.25) is 0 Å². The Balaban J connectivity index is 1.50. The van der Waals surface area contributed by atoms with Crippen LogP contribution in [0.15, 0.2) is 42.7 Å². The van der Waals surface area contributed by atoms with Crippen LogP contribution in [0.3, 0.4) is 0 Å². The molecule has 25 heavy (non-hydrogen) atoms. The summed E-state index contributed by atoms with van der Waals surface area (Å²) in [6.45, 7) is 0.418. The van der Waals surface area contributed by atoms with Gasteiger partial charge in [-0.05, 0) is 5.56 Å². The average molecular weight is 366 g/mol. The molecule has 2 heterocycles. The van der Waals surface area contributed by atoms with Crippen molar-refractivity contribution in [3.05, 3.63) is 53.4 Å². The predicted molar refractivity (Wildman–Crippen MR) is 89.2 cm³/mol. The van der Waals surface area contributed by atoms with Crippen molar-refractivity contribution in [1.82, 2.24) is 14.9 Å². The van der Waals surface area contributed by atoms with Gasteiger partial charge in [0.15, 0.2) is 6.17 Å². The molecule has 0 bridgehead atoms. The molecule has 8 heteroatoms. The zero-order chi connectivity index (χ0) is 17.6. The van der Waals surface area contributed by atoms with Crippen LogP contribution in [0, 0.1) is 0 Å². The summed E-state index contributed by atoms with van der Waals surface area (Å²) in [5.41, 5.74) is 0.881. The van der Waals surface area contributed by atoms with Crippen molar-refractivity contribution in [2.24, 2.45) is 0 Å². The monoisotopic (exact) mass is 365 g/mol. The van der Waals surface area contributed by atoms with Crippen LogP contribution in [0.4, 0.5) is 9.18 Å². The minimum atomic E-state index is -1.34. The summed E-state index contributed by atoms with van der Waals surface area (Å²) in [5.74, 6) is 0.216. The molecule has 2 aromatic rings. The number of carbonyl (C=O) groups is 1. The van der Waals surface area contributed by atoms with Gasteiger partial charge in [-0.25, -0.2) is 19.2 Å². The number of hydrogen-bond acceptors (Lipinski definition) is 5. The fourth-order valence-electron chi connectivity index (χ4n) is 2.53. The van der Waals surface area contributed by atoms with Crippen LogP contribution >= 0.6 is 11.6 Å². The Hall–Kier alpha value is -2.41. The number of halogens is 2. The summed E-state index contributed by atoms with van der Waals surface area (Å²) in [4.78, 5) is 21.1. The summed E-state index contributed by atoms with van der Waals surface area (Å²) < 4.78 is 25.1. The second-order valence-corrected chi connectivity index (χ2v) is 6.01. The highest BCUT2D eigenvalue weighted by atomic mass is 35.5. The molecule has 1 aliphatic heterocycles. The quantitative estimate of drug-likeness (QED) is 0.778. The van der Waals surface area contributed by atoms with Crippen molar-refractivity contribution < 1.29 is 18.7 Å². The number of carbonyl (C=O) groups excluding carboxylic acids is 1. The normalized spacial score (nSPS) is 20.2. The van der Waals surface area contributed by atoms with Crippen LogP contribution < -0.4 is 4.74 Å². The van der Waals surface area contributed by atoms with Crippen molar-refractivity contribution in [1.29, 1.82) is 0 Å². The number of alkyl halides is 1. The average Bonchev–Trinajstić information content (AvgIpc) is 2.62. The zero-order valence-electron chi connectivity index (χ0n) is 13.3. The van der Waals surface area contributed by atoms with Gasteiger partial charge in [0, 0.05) is 19.0 Å². The Morgan fingerprint density at radius 3 is 2.84 bits per heavy atom. The van der Waals surface area contributed by atoms with Crippen LogP contribution in [-0.4, -0.2) is 46.3 Å². The summed E-state index contributed by atoms with van der Waals surface area (Å²) in [5, 5.41) is 0.224. The van der Waals surface area contributed by atoms with Crippen molar-refractivity contribution in [2.45, 2.75) is 25.3 Å². The smallest absolute Gasteiger partial charge is 0.410 e. The van der Waals surface area contributed by atoms with Gasteiger partial charge < -0.3 is 14.4 Å². The third-order valence-corrected chi connectivity index (χ3v) is 4.03. The highest BCUT2D eigenvalue weighted by Gasteiger charge is 2.34. The van der Waals surface area contributed by atoms with Gasteiger partial charge in [0.25, 0.3) is 0 Å². The maximum atomic E-state index is 14.4. The molecule has 1 fully saturated rings. The molecule has 1 aromatic heterocycles. The van der Waals surface area contributed by atoms with Gasteiger partial charge in [-0.2, -0.15) is 0 Å². The van der Waals surface area contributed by atoms with Crippen molar-refractivity contribution in [2.75, 3.05) is 13.1 Å². The number of likely N-dealkylation sites (tertiary alicyclic amines) is 1. The van der Waals surface area contributed by atoms with Crippen molar-refractivity contribution in [3.8, 4) is 5.88 Å². The molecule has 0 unspecified atom stereocenters. The van der Waals surface area contributed by atoms with E-state index in [9.17, 15) is 9.18 Å². The largest absolute Gasteiger partial charge is 0.471 e. The van der Waals surface area contributed by atoms with E-state index in [4.69, 9.17) is 21.1 Å². The van der Waals surface area contributed by atoms with E-state index in [1.54, 1.807) is 0 Å². The summed E-state index contributed by atoms with van der Waals surface area (Å²) in [7, 11) is 0. The SMILES string of the molecule is O=C(OCc1ccccc1)N1CC[C@H](Oc2cc(Cl)ncn2)[C@H](F)C1. The standard InChI is InChI=1S/C17H17ClFN3O3/c18-15-8-16(21-11-20-15)25-14-6-7-22(9-13(14)19)17(23)24-10-12-4-2-1-3-5-12/h1-5,8,11,13-14H,6-7,9-10H2/t13-,14+/m1/s1. The third-order valence-electron chi connectivity index (χ3n) is 3.83. The van der Waals surface area contributed by atoms with Gasteiger partial charge >= 0.3 is 6.09 Å². The summed E-state index contributed by atoms with van der Waals surface area (Å²) in [6.07, 6.45) is -0.976. The molecule has 0 aliphatic carbocycles. The Bertz CT molecular complexity index is 719. The fourth-order valence-corrected chi connectivity index (χ4v) is 2.67. The van der Waals surface area contributed by atoms with Crippen LogP contribution in [-0.2, 0) is 11.3 Å². The van der Waals surface area contributed by atoms with E-state index in [1.165, 1.54) is 17.3 Å². The van der Waals surface area contributed by atoms with Crippen LogP contribution in [0.1, 0.15) is 12.0 Å². The first-order valence-electron chi connectivity index (χ1n) is 7.86. The molecule has 0 radical (unpaired) electrons. The number of piperidine rings is 1. The second kappa shape index (κ2) is 8.11. The number of benzene rings is 1. The van der Waals surface area contributed by atoms with E-state index in [1.807, 2.05) is 30.3 Å². The number of amides is 1. The topological polar surface area (TPSA) is 64.5 Å². The Morgan fingerprint density at radius 1 is 1.32 bits per heavy atom. The third kappa shape index (κ3) is 4.79. The van der Waals surface area contributed by atoms with Gasteiger partial charge in [-0.15, -0.1) is 0 Å². The molecule has 6 nitrogen and oxygen atoms in total. The highest BCUT2D eigenvalue weighted by molar-refractivity contribution is 6.29. The van der Waals surface area contributed by atoms with Gasteiger partial charge in [0.2, 0.25) is 5.88 Å². The maximum Gasteiger partial charge on any atom is 0.410 e. The van der Waals surface area contributed by atoms with Crippen LogP contribution in [0.5, 0.6) is 5.88 Å². The number of hydrogen-bond donors (Lipinski definition) is 0.